The SMILES string of the molecule is Cc1cc(C)c(C)c(OCC(=O)Nc2ccc(C)c(C)c2)c1. The molecule has 22 heavy (non-hydrogen) atoms. The van der Waals surface area contributed by atoms with Crippen LogP contribution < -0.4 is 10.1 Å². The van der Waals surface area contributed by atoms with Crippen LogP contribution in [0.4, 0.5) is 5.69 Å². The highest BCUT2D eigenvalue weighted by Crippen LogP contribution is 2.23. The van der Waals surface area contributed by atoms with Crippen LogP contribution in [0.25, 0.3) is 0 Å². The molecule has 1 amide bonds. The van der Waals surface area contributed by atoms with Gasteiger partial charge in [0.1, 0.15) is 5.75 Å². The first kappa shape index (κ1) is 16.1. The second-order valence-corrected chi connectivity index (χ2v) is 5.84. The van der Waals surface area contributed by atoms with E-state index in [0.29, 0.717) is 0 Å². The summed E-state index contributed by atoms with van der Waals surface area (Å²) in [6, 6.07) is 9.94. The lowest BCUT2D eigenvalue weighted by Gasteiger charge is -2.13. The largest absolute Gasteiger partial charge is 0.483 e. The van der Waals surface area contributed by atoms with Crippen LogP contribution in [0.5, 0.6) is 5.75 Å². The molecule has 2 rings (SSSR count). The number of aryl methyl sites for hydroxylation is 4. The maximum atomic E-state index is 12.0. The molecule has 2 aromatic rings. The zero-order chi connectivity index (χ0) is 16.3. The molecule has 0 bridgehead atoms. The molecule has 0 aliphatic heterocycles. The summed E-state index contributed by atoms with van der Waals surface area (Å²) in [6.45, 7) is 10.2. The average molecular weight is 297 g/mol. The molecule has 1 N–H and O–H groups in total. The smallest absolute Gasteiger partial charge is 0.262 e. The number of hydrogen-bond acceptors (Lipinski definition) is 2. The van der Waals surface area contributed by atoms with Gasteiger partial charge in [-0.25, -0.2) is 0 Å². The van der Waals surface area contributed by atoms with Gasteiger partial charge in [-0.2, -0.15) is 0 Å². The summed E-state index contributed by atoms with van der Waals surface area (Å²) in [7, 11) is 0. The Morgan fingerprint density at radius 3 is 2.36 bits per heavy atom. The van der Waals surface area contributed by atoms with E-state index in [1.165, 1.54) is 11.1 Å². The van der Waals surface area contributed by atoms with Crippen LogP contribution >= 0.6 is 0 Å². The van der Waals surface area contributed by atoms with Crippen LogP contribution in [-0.4, -0.2) is 12.5 Å². The summed E-state index contributed by atoms with van der Waals surface area (Å²) in [5, 5.41) is 2.86. The van der Waals surface area contributed by atoms with Crippen molar-refractivity contribution in [3.8, 4) is 5.75 Å². The molecule has 0 saturated carbocycles. The Balaban J connectivity index is 2.00. The Morgan fingerprint density at radius 2 is 1.68 bits per heavy atom. The van der Waals surface area contributed by atoms with Gasteiger partial charge in [-0.05, 0) is 80.6 Å². The Kier molecular flexibility index (Phi) is 4.86. The minimum Gasteiger partial charge on any atom is -0.483 e. The van der Waals surface area contributed by atoms with Crippen molar-refractivity contribution in [1.82, 2.24) is 0 Å². The first-order chi connectivity index (χ1) is 10.4. The van der Waals surface area contributed by atoms with E-state index < -0.39 is 0 Å². The Bertz CT molecular complexity index is 705. The van der Waals surface area contributed by atoms with Gasteiger partial charge in [-0.1, -0.05) is 12.1 Å². The van der Waals surface area contributed by atoms with E-state index in [9.17, 15) is 4.79 Å². The summed E-state index contributed by atoms with van der Waals surface area (Å²) >= 11 is 0. The molecule has 3 nitrogen and oxygen atoms in total. The van der Waals surface area contributed by atoms with Crippen molar-refractivity contribution < 1.29 is 9.53 Å². The molecule has 0 aromatic heterocycles. The summed E-state index contributed by atoms with van der Waals surface area (Å²) in [4.78, 5) is 12.0. The van der Waals surface area contributed by atoms with Gasteiger partial charge in [0, 0.05) is 5.69 Å². The van der Waals surface area contributed by atoms with E-state index in [2.05, 4.69) is 11.4 Å². The third-order valence-corrected chi connectivity index (χ3v) is 3.91. The van der Waals surface area contributed by atoms with E-state index >= 15 is 0 Å². The molecule has 3 heteroatoms. The van der Waals surface area contributed by atoms with Gasteiger partial charge in [-0.3, -0.25) is 4.79 Å². The highest BCUT2D eigenvalue weighted by molar-refractivity contribution is 5.92. The van der Waals surface area contributed by atoms with Crippen molar-refractivity contribution >= 4 is 11.6 Å². The van der Waals surface area contributed by atoms with Gasteiger partial charge >= 0.3 is 0 Å². The van der Waals surface area contributed by atoms with Gasteiger partial charge in [0.2, 0.25) is 0 Å². The summed E-state index contributed by atoms with van der Waals surface area (Å²) < 4.78 is 5.67. The highest BCUT2D eigenvalue weighted by atomic mass is 16.5. The minimum absolute atomic E-state index is 0.0106. The number of nitrogens with one attached hydrogen (secondary N) is 1. The predicted octanol–water partition coefficient (Wildman–Crippen LogP) is 4.25. The molecule has 0 saturated heterocycles. The predicted molar refractivity (Wildman–Crippen MR) is 90.7 cm³/mol. The number of anilines is 1. The number of amides is 1. The van der Waals surface area contributed by atoms with Crippen molar-refractivity contribution in [3.05, 3.63) is 58.1 Å². The van der Waals surface area contributed by atoms with Gasteiger partial charge < -0.3 is 10.1 Å². The van der Waals surface area contributed by atoms with Gasteiger partial charge in [0.05, 0.1) is 0 Å². The van der Waals surface area contributed by atoms with Crippen LogP contribution in [0.15, 0.2) is 30.3 Å². The maximum absolute atomic E-state index is 12.0. The van der Waals surface area contributed by atoms with Crippen molar-refractivity contribution in [1.29, 1.82) is 0 Å². The summed E-state index contributed by atoms with van der Waals surface area (Å²) in [6.07, 6.45) is 0. The lowest BCUT2D eigenvalue weighted by molar-refractivity contribution is -0.118. The van der Waals surface area contributed by atoms with E-state index in [0.717, 1.165) is 28.1 Å². The van der Waals surface area contributed by atoms with Crippen molar-refractivity contribution in [2.45, 2.75) is 34.6 Å². The van der Waals surface area contributed by atoms with Crippen LogP contribution in [0, 0.1) is 34.6 Å². The van der Waals surface area contributed by atoms with E-state index in [-0.39, 0.29) is 12.5 Å². The first-order valence-electron chi connectivity index (χ1n) is 7.44. The summed E-state index contributed by atoms with van der Waals surface area (Å²) in [5.41, 5.74) is 6.54. The second kappa shape index (κ2) is 6.65. The molecule has 0 unspecified atom stereocenters. The lowest BCUT2D eigenvalue weighted by Crippen LogP contribution is -2.20. The van der Waals surface area contributed by atoms with Crippen LogP contribution in [0.1, 0.15) is 27.8 Å². The lowest BCUT2D eigenvalue weighted by atomic mass is 10.1. The van der Waals surface area contributed by atoms with Crippen molar-refractivity contribution in [2.75, 3.05) is 11.9 Å². The van der Waals surface area contributed by atoms with E-state index in [1.807, 2.05) is 58.9 Å². The molecular weight excluding hydrogens is 274 g/mol. The first-order valence-corrected chi connectivity index (χ1v) is 7.44. The maximum Gasteiger partial charge on any atom is 0.262 e. The molecule has 2 aromatic carbocycles. The molecule has 0 aliphatic carbocycles. The summed E-state index contributed by atoms with van der Waals surface area (Å²) in [5.74, 6) is 0.620. The van der Waals surface area contributed by atoms with Gasteiger partial charge in [0.15, 0.2) is 6.61 Å². The van der Waals surface area contributed by atoms with Crippen LogP contribution in [-0.2, 0) is 4.79 Å². The third-order valence-electron chi connectivity index (χ3n) is 3.91. The van der Waals surface area contributed by atoms with E-state index in [1.54, 1.807) is 0 Å². The quantitative estimate of drug-likeness (QED) is 0.916. The molecule has 0 spiro atoms. The Morgan fingerprint density at radius 1 is 0.955 bits per heavy atom. The zero-order valence-electron chi connectivity index (χ0n) is 13.9. The Hall–Kier alpha value is -2.29. The normalized spacial score (nSPS) is 10.4. The van der Waals surface area contributed by atoms with Crippen molar-refractivity contribution in [2.24, 2.45) is 0 Å². The van der Waals surface area contributed by atoms with Crippen LogP contribution in [0.3, 0.4) is 0 Å². The molecule has 0 heterocycles. The Labute approximate surface area is 132 Å². The highest BCUT2D eigenvalue weighted by Gasteiger charge is 2.08. The monoisotopic (exact) mass is 297 g/mol. The van der Waals surface area contributed by atoms with Gasteiger partial charge in [0.25, 0.3) is 5.91 Å². The van der Waals surface area contributed by atoms with Crippen LogP contribution in [0.2, 0.25) is 0 Å². The molecular formula is C19H23NO2. The third kappa shape index (κ3) is 3.88. The topological polar surface area (TPSA) is 38.3 Å². The van der Waals surface area contributed by atoms with Gasteiger partial charge in [-0.15, -0.1) is 0 Å². The fraction of sp³-hybridized carbons (Fsp3) is 0.316. The van der Waals surface area contributed by atoms with E-state index in [4.69, 9.17) is 4.74 Å². The molecule has 0 atom stereocenters. The number of carbonyl (C=O) groups is 1. The molecule has 0 radical (unpaired) electrons. The zero-order valence-corrected chi connectivity index (χ0v) is 13.9. The van der Waals surface area contributed by atoms with Crippen molar-refractivity contribution in [3.63, 3.8) is 0 Å². The number of hydrogen-bond donors (Lipinski definition) is 1. The fourth-order valence-electron chi connectivity index (χ4n) is 2.31. The standard InChI is InChI=1S/C19H23NO2/c1-12-8-15(4)16(5)18(9-12)22-11-19(21)20-17-7-6-13(2)14(3)10-17/h6-10H,11H2,1-5H3,(H,20,21). The molecule has 0 aliphatic rings. The fourth-order valence-corrected chi connectivity index (χ4v) is 2.31. The number of benzene rings is 2. The average Bonchev–Trinajstić information content (AvgIpc) is 2.45. The molecule has 0 fully saturated rings. The minimum atomic E-state index is -0.151. The molecule has 116 valence electrons. The second-order valence-electron chi connectivity index (χ2n) is 5.84. The number of rotatable bonds is 4. The number of carbonyl (C=O) groups excluding carboxylic acids is 1. The number of ether oxygens (including phenoxy) is 1.